The Morgan fingerprint density at radius 2 is 1.58 bits per heavy atom. The van der Waals surface area contributed by atoms with Crippen molar-refractivity contribution >= 4 is 22.7 Å². The van der Waals surface area contributed by atoms with E-state index in [1.807, 2.05) is 43.3 Å². The SMILES string of the molecule is COc1ccccc1Nc1cc(O)c(N=Nc2ccc(C)cc2)cc1O. The van der Waals surface area contributed by atoms with Crippen molar-refractivity contribution in [2.75, 3.05) is 12.4 Å². The average Bonchev–Trinajstić information content (AvgIpc) is 2.65. The molecule has 6 heteroatoms. The van der Waals surface area contributed by atoms with E-state index in [9.17, 15) is 10.2 Å². The lowest BCUT2D eigenvalue weighted by Gasteiger charge is -2.13. The van der Waals surface area contributed by atoms with Gasteiger partial charge in [-0.3, -0.25) is 0 Å². The summed E-state index contributed by atoms with van der Waals surface area (Å²) in [6, 6.07) is 17.5. The Morgan fingerprint density at radius 1 is 0.846 bits per heavy atom. The number of anilines is 2. The average molecular weight is 349 g/mol. The van der Waals surface area contributed by atoms with Gasteiger partial charge in [-0.2, -0.15) is 5.11 Å². The number of ether oxygens (including phenoxy) is 1. The van der Waals surface area contributed by atoms with Gasteiger partial charge in [-0.15, -0.1) is 5.11 Å². The molecule has 26 heavy (non-hydrogen) atoms. The summed E-state index contributed by atoms with van der Waals surface area (Å²) in [6.45, 7) is 1.98. The number of nitrogens with zero attached hydrogens (tertiary/aromatic N) is 2. The lowest BCUT2D eigenvalue weighted by Crippen LogP contribution is -1.94. The van der Waals surface area contributed by atoms with E-state index in [1.165, 1.54) is 12.1 Å². The lowest BCUT2D eigenvalue weighted by molar-refractivity contribution is 0.416. The first-order valence-electron chi connectivity index (χ1n) is 8.01. The van der Waals surface area contributed by atoms with Crippen molar-refractivity contribution in [3.05, 3.63) is 66.2 Å². The third-order valence-electron chi connectivity index (χ3n) is 3.78. The summed E-state index contributed by atoms with van der Waals surface area (Å²) < 4.78 is 5.27. The normalized spacial score (nSPS) is 10.8. The molecule has 0 radical (unpaired) electrons. The molecule has 0 bridgehead atoms. The Kier molecular flexibility index (Phi) is 5.03. The fourth-order valence-electron chi connectivity index (χ4n) is 2.36. The highest BCUT2D eigenvalue weighted by Gasteiger charge is 2.11. The van der Waals surface area contributed by atoms with Crippen LogP contribution in [0.15, 0.2) is 70.9 Å². The molecule has 3 aromatic carbocycles. The predicted molar refractivity (Wildman–Crippen MR) is 101 cm³/mol. The number of aryl methyl sites for hydroxylation is 1. The third kappa shape index (κ3) is 3.92. The summed E-state index contributed by atoms with van der Waals surface area (Å²) in [5.41, 5.74) is 2.95. The van der Waals surface area contributed by atoms with Crippen molar-refractivity contribution in [1.29, 1.82) is 0 Å². The Morgan fingerprint density at radius 3 is 2.31 bits per heavy atom. The number of azo groups is 1. The van der Waals surface area contributed by atoms with Crippen LogP contribution >= 0.6 is 0 Å². The van der Waals surface area contributed by atoms with Crippen LogP contribution < -0.4 is 10.1 Å². The maximum absolute atomic E-state index is 10.3. The third-order valence-corrected chi connectivity index (χ3v) is 3.78. The van der Waals surface area contributed by atoms with E-state index >= 15 is 0 Å². The molecule has 3 N–H and O–H groups in total. The van der Waals surface area contributed by atoms with Gasteiger partial charge in [0, 0.05) is 12.1 Å². The van der Waals surface area contributed by atoms with Crippen LogP contribution in [0.4, 0.5) is 22.7 Å². The second-order valence-corrected chi connectivity index (χ2v) is 5.72. The zero-order valence-electron chi connectivity index (χ0n) is 14.5. The smallest absolute Gasteiger partial charge is 0.145 e. The number of rotatable bonds is 5. The van der Waals surface area contributed by atoms with Crippen molar-refractivity contribution in [1.82, 2.24) is 0 Å². The van der Waals surface area contributed by atoms with Gasteiger partial charge in [-0.25, -0.2) is 0 Å². The van der Waals surface area contributed by atoms with Crippen LogP contribution in [0.5, 0.6) is 17.2 Å². The summed E-state index contributed by atoms with van der Waals surface area (Å²) in [7, 11) is 1.56. The molecule has 3 rings (SSSR count). The molecule has 0 atom stereocenters. The number of phenolic OH excluding ortho intramolecular Hbond substituents is 2. The minimum Gasteiger partial charge on any atom is -0.506 e. The van der Waals surface area contributed by atoms with E-state index in [0.29, 0.717) is 22.8 Å². The van der Waals surface area contributed by atoms with Crippen LogP contribution in [0.25, 0.3) is 0 Å². The number of methoxy groups -OCH3 is 1. The Balaban J connectivity index is 1.85. The fourth-order valence-corrected chi connectivity index (χ4v) is 2.36. The predicted octanol–water partition coefficient (Wildman–Crippen LogP) is 5.57. The zero-order valence-corrected chi connectivity index (χ0v) is 14.5. The van der Waals surface area contributed by atoms with E-state index in [4.69, 9.17) is 4.74 Å². The van der Waals surface area contributed by atoms with Gasteiger partial charge >= 0.3 is 0 Å². The number of phenols is 2. The number of hydrogen-bond acceptors (Lipinski definition) is 6. The van der Waals surface area contributed by atoms with Gasteiger partial charge < -0.3 is 20.3 Å². The minimum atomic E-state index is -0.101. The zero-order chi connectivity index (χ0) is 18.5. The van der Waals surface area contributed by atoms with Crippen molar-refractivity contribution in [3.63, 3.8) is 0 Å². The molecule has 0 unspecified atom stereocenters. The molecule has 0 saturated carbocycles. The van der Waals surface area contributed by atoms with Gasteiger partial charge in [-0.05, 0) is 31.2 Å². The van der Waals surface area contributed by atoms with Crippen LogP contribution in [0, 0.1) is 6.92 Å². The fraction of sp³-hybridized carbons (Fsp3) is 0.100. The van der Waals surface area contributed by atoms with Crippen LogP contribution in [0.3, 0.4) is 0 Å². The van der Waals surface area contributed by atoms with Crippen LogP contribution in [0.1, 0.15) is 5.56 Å². The summed E-state index contributed by atoms with van der Waals surface area (Å²) in [6.07, 6.45) is 0. The Labute approximate surface area is 151 Å². The molecule has 0 heterocycles. The number of para-hydroxylation sites is 2. The highest BCUT2D eigenvalue weighted by atomic mass is 16.5. The number of hydrogen-bond donors (Lipinski definition) is 3. The highest BCUT2D eigenvalue weighted by Crippen LogP contribution is 2.40. The highest BCUT2D eigenvalue weighted by molar-refractivity contribution is 5.75. The molecule has 0 fully saturated rings. The van der Waals surface area contributed by atoms with Crippen LogP contribution in [-0.2, 0) is 0 Å². The van der Waals surface area contributed by atoms with Crippen molar-refractivity contribution in [3.8, 4) is 17.2 Å². The largest absolute Gasteiger partial charge is 0.506 e. The molecule has 0 aliphatic rings. The number of nitrogens with one attached hydrogen (secondary N) is 1. The van der Waals surface area contributed by atoms with Crippen molar-refractivity contribution in [2.24, 2.45) is 10.2 Å². The molecule has 6 nitrogen and oxygen atoms in total. The summed E-state index contributed by atoms with van der Waals surface area (Å²) in [5.74, 6) is 0.456. The van der Waals surface area contributed by atoms with Gasteiger partial charge in [0.05, 0.1) is 24.2 Å². The van der Waals surface area contributed by atoms with E-state index < -0.39 is 0 Å². The van der Waals surface area contributed by atoms with Crippen molar-refractivity contribution < 1.29 is 14.9 Å². The molecule has 0 spiro atoms. The van der Waals surface area contributed by atoms with Crippen LogP contribution in [0.2, 0.25) is 0 Å². The van der Waals surface area contributed by atoms with Gasteiger partial charge in [-0.1, -0.05) is 29.8 Å². The molecule has 0 saturated heterocycles. The second kappa shape index (κ2) is 7.57. The molecule has 3 aromatic rings. The molecule has 0 aliphatic heterocycles. The van der Waals surface area contributed by atoms with Gasteiger partial charge in [0.1, 0.15) is 22.9 Å². The molecule has 0 aliphatic carbocycles. The maximum Gasteiger partial charge on any atom is 0.145 e. The second-order valence-electron chi connectivity index (χ2n) is 5.72. The Bertz CT molecular complexity index is 938. The minimum absolute atomic E-state index is 0.0634. The maximum atomic E-state index is 10.3. The first-order valence-corrected chi connectivity index (χ1v) is 8.01. The summed E-state index contributed by atoms with van der Waals surface area (Å²) in [5, 5.41) is 31.6. The standard InChI is InChI=1S/C20H19N3O3/c1-13-7-9-14(10-8-13)22-23-17-12-18(24)16(11-19(17)25)21-15-5-3-4-6-20(15)26-2/h3-12,21,24-25H,1-2H3. The van der Waals surface area contributed by atoms with Crippen LogP contribution in [-0.4, -0.2) is 17.3 Å². The quantitative estimate of drug-likeness (QED) is 0.319. The monoisotopic (exact) mass is 349 g/mol. The first kappa shape index (κ1) is 17.3. The summed E-state index contributed by atoms with van der Waals surface area (Å²) >= 11 is 0. The molecular formula is C20H19N3O3. The number of aromatic hydroxyl groups is 2. The number of benzene rings is 3. The molecule has 132 valence electrons. The van der Waals surface area contributed by atoms with E-state index in [2.05, 4.69) is 15.5 Å². The Hall–Kier alpha value is -3.54. The first-order chi connectivity index (χ1) is 12.6. The van der Waals surface area contributed by atoms with E-state index in [1.54, 1.807) is 19.2 Å². The van der Waals surface area contributed by atoms with E-state index in [0.717, 1.165) is 5.56 Å². The van der Waals surface area contributed by atoms with Gasteiger partial charge in [0.2, 0.25) is 0 Å². The topological polar surface area (TPSA) is 86.4 Å². The van der Waals surface area contributed by atoms with Crippen molar-refractivity contribution in [2.45, 2.75) is 6.92 Å². The molecule has 0 amide bonds. The molecular weight excluding hydrogens is 330 g/mol. The van der Waals surface area contributed by atoms with E-state index in [-0.39, 0.29) is 17.2 Å². The van der Waals surface area contributed by atoms with Gasteiger partial charge in [0.25, 0.3) is 0 Å². The summed E-state index contributed by atoms with van der Waals surface area (Å²) in [4.78, 5) is 0. The lowest BCUT2D eigenvalue weighted by atomic mass is 10.2. The molecule has 0 aromatic heterocycles. The van der Waals surface area contributed by atoms with Gasteiger partial charge in [0.15, 0.2) is 0 Å².